The van der Waals surface area contributed by atoms with E-state index < -0.39 is 5.60 Å². The Hall–Kier alpha value is -0.420. The molecular weight excluding hydrogens is 244 g/mol. The molecule has 2 aliphatic heterocycles. The first-order valence-electron chi connectivity index (χ1n) is 6.74. The summed E-state index contributed by atoms with van der Waals surface area (Å²) in [6, 6.07) is 2.91. The van der Waals surface area contributed by atoms with Crippen LogP contribution in [0.25, 0.3) is 0 Å². The maximum Gasteiger partial charge on any atom is 0.0869 e. The number of hydrogen-bond donors (Lipinski definition) is 2. The highest BCUT2D eigenvalue weighted by atomic mass is 32.1. The molecule has 0 aliphatic carbocycles. The maximum absolute atomic E-state index is 11.0. The van der Waals surface area contributed by atoms with Gasteiger partial charge in [0.05, 0.1) is 11.6 Å². The van der Waals surface area contributed by atoms with Crippen LogP contribution in [0.15, 0.2) is 11.4 Å². The van der Waals surface area contributed by atoms with E-state index in [9.17, 15) is 5.11 Å². The summed E-state index contributed by atoms with van der Waals surface area (Å²) in [5.41, 5.74) is 6.74. The molecule has 3 heterocycles. The minimum absolute atomic E-state index is 0.237. The zero-order valence-corrected chi connectivity index (χ0v) is 11.9. The number of fused-ring (bicyclic) bond motifs is 2. The normalized spacial score (nSPS) is 38.0. The van der Waals surface area contributed by atoms with Crippen LogP contribution in [0.5, 0.6) is 0 Å². The van der Waals surface area contributed by atoms with E-state index in [0.717, 1.165) is 18.4 Å². The van der Waals surface area contributed by atoms with Gasteiger partial charge in [-0.25, -0.2) is 0 Å². The Labute approximate surface area is 113 Å². The van der Waals surface area contributed by atoms with Crippen molar-refractivity contribution in [1.82, 2.24) is 4.90 Å². The van der Waals surface area contributed by atoms with E-state index in [1.165, 1.54) is 17.7 Å². The lowest BCUT2D eigenvalue weighted by atomic mass is 9.78. The van der Waals surface area contributed by atoms with Gasteiger partial charge in [0.15, 0.2) is 0 Å². The third-order valence-electron chi connectivity index (χ3n) is 4.85. The first-order chi connectivity index (χ1) is 8.49. The number of aryl methyl sites for hydroxylation is 1. The Balaban J connectivity index is 1.83. The molecule has 0 amide bonds. The molecule has 2 saturated heterocycles. The van der Waals surface area contributed by atoms with Crippen LogP contribution in [-0.4, -0.2) is 34.7 Å². The molecule has 2 bridgehead atoms. The zero-order valence-electron chi connectivity index (χ0n) is 11.1. The largest absolute Gasteiger partial charge is 0.388 e. The molecule has 0 spiro atoms. The van der Waals surface area contributed by atoms with Crippen molar-refractivity contribution in [3.05, 3.63) is 21.9 Å². The van der Waals surface area contributed by atoms with Gasteiger partial charge in [0, 0.05) is 17.0 Å². The van der Waals surface area contributed by atoms with Gasteiger partial charge in [-0.05, 0) is 56.7 Å². The summed E-state index contributed by atoms with van der Waals surface area (Å²) >= 11 is 1.71. The fraction of sp³-hybridized carbons (Fsp3) is 0.714. The molecule has 3 unspecified atom stereocenters. The van der Waals surface area contributed by atoms with E-state index in [1.807, 2.05) is 0 Å². The Morgan fingerprint density at radius 1 is 1.44 bits per heavy atom. The number of nitrogens with two attached hydrogens (primary N) is 1. The standard InChI is InChI=1S/C14H22N2OS/c1-9-5-10(8-18-9)13(15)14(17)6-11-3-4-12(7-14)16(11)2/h5,8,11-13,17H,3-4,6-7,15H2,1-2H3. The molecule has 1 aromatic rings. The lowest BCUT2D eigenvalue weighted by Gasteiger charge is -2.45. The summed E-state index contributed by atoms with van der Waals surface area (Å²) in [6.07, 6.45) is 4.05. The van der Waals surface area contributed by atoms with Crippen molar-refractivity contribution in [3.8, 4) is 0 Å². The number of hydrogen-bond acceptors (Lipinski definition) is 4. The minimum atomic E-state index is -0.716. The summed E-state index contributed by atoms with van der Waals surface area (Å²) in [4.78, 5) is 3.69. The van der Waals surface area contributed by atoms with E-state index in [2.05, 4.69) is 30.3 Å². The first kappa shape index (κ1) is 12.6. The molecule has 3 N–H and O–H groups in total. The average molecular weight is 266 g/mol. The van der Waals surface area contributed by atoms with Crippen LogP contribution >= 0.6 is 11.3 Å². The van der Waals surface area contributed by atoms with Gasteiger partial charge in [0.25, 0.3) is 0 Å². The van der Waals surface area contributed by atoms with Gasteiger partial charge in [-0.15, -0.1) is 11.3 Å². The SMILES string of the molecule is Cc1cc(C(N)C2(O)CC3CCC(C2)N3C)cs1. The van der Waals surface area contributed by atoms with E-state index in [-0.39, 0.29) is 6.04 Å². The predicted molar refractivity (Wildman–Crippen MR) is 74.7 cm³/mol. The van der Waals surface area contributed by atoms with Gasteiger partial charge < -0.3 is 15.7 Å². The van der Waals surface area contributed by atoms with Crippen LogP contribution in [0.2, 0.25) is 0 Å². The second-order valence-corrected chi connectivity index (χ2v) is 7.15. The van der Waals surface area contributed by atoms with Gasteiger partial charge in [-0.2, -0.15) is 0 Å². The highest BCUT2D eigenvalue weighted by Crippen LogP contribution is 2.44. The van der Waals surface area contributed by atoms with Crippen LogP contribution in [0, 0.1) is 6.92 Å². The van der Waals surface area contributed by atoms with Crippen molar-refractivity contribution in [1.29, 1.82) is 0 Å². The fourth-order valence-corrected chi connectivity index (χ4v) is 4.41. The van der Waals surface area contributed by atoms with Crippen molar-refractivity contribution in [2.75, 3.05) is 7.05 Å². The molecule has 3 rings (SSSR count). The quantitative estimate of drug-likeness (QED) is 0.861. The van der Waals surface area contributed by atoms with Crippen LogP contribution < -0.4 is 5.73 Å². The molecular formula is C14H22N2OS. The summed E-state index contributed by atoms with van der Waals surface area (Å²) in [7, 11) is 2.18. The van der Waals surface area contributed by atoms with E-state index in [0.29, 0.717) is 12.1 Å². The van der Waals surface area contributed by atoms with Crippen molar-refractivity contribution in [3.63, 3.8) is 0 Å². The third-order valence-corrected chi connectivity index (χ3v) is 5.73. The molecule has 1 aromatic heterocycles. The molecule has 2 aliphatic rings. The predicted octanol–water partition coefficient (Wildman–Crippen LogP) is 2.04. The number of aliphatic hydroxyl groups is 1. The second kappa shape index (κ2) is 4.30. The van der Waals surface area contributed by atoms with Gasteiger partial charge in [-0.1, -0.05) is 0 Å². The Morgan fingerprint density at radius 3 is 2.56 bits per heavy atom. The first-order valence-corrected chi connectivity index (χ1v) is 7.62. The molecule has 2 fully saturated rings. The van der Waals surface area contributed by atoms with E-state index >= 15 is 0 Å². The lowest BCUT2D eigenvalue weighted by Crippen LogP contribution is -2.54. The Kier molecular flexibility index (Phi) is 3.01. The van der Waals surface area contributed by atoms with Gasteiger partial charge in [0.1, 0.15) is 0 Å². The fourth-order valence-electron chi connectivity index (χ4n) is 3.67. The summed E-state index contributed by atoms with van der Waals surface area (Å²) in [5.74, 6) is 0. The van der Waals surface area contributed by atoms with Gasteiger partial charge in [0.2, 0.25) is 0 Å². The number of thiophene rings is 1. The number of rotatable bonds is 2. The molecule has 0 aromatic carbocycles. The van der Waals surface area contributed by atoms with E-state index in [4.69, 9.17) is 5.73 Å². The summed E-state index contributed by atoms with van der Waals surface area (Å²) in [5, 5.41) is 13.0. The zero-order chi connectivity index (χ0) is 12.9. The topological polar surface area (TPSA) is 49.5 Å². The number of piperidine rings is 1. The minimum Gasteiger partial charge on any atom is -0.388 e. The molecule has 100 valence electrons. The summed E-state index contributed by atoms with van der Waals surface area (Å²) in [6.45, 7) is 2.09. The molecule has 0 saturated carbocycles. The second-order valence-electron chi connectivity index (χ2n) is 6.03. The van der Waals surface area contributed by atoms with Crippen molar-refractivity contribution in [2.45, 2.75) is 56.3 Å². The van der Waals surface area contributed by atoms with Crippen molar-refractivity contribution < 1.29 is 5.11 Å². The van der Waals surface area contributed by atoms with Crippen molar-refractivity contribution >= 4 is 11.3 Å². The molecule has 4 heteroatoms. The Bertz CT molecular complexity index is 431. The Morgan fingerprint density at radius 2 is 2.06 bits per heavy atom. The molecule has 3 atom stereocenters. The van der Waals surface area contributed by atoms with Crippen LogP contribution in [0.4, 0.5) is 0 Å². The van der Waals surface area contributed by atoms with E-state index in [1.54, 1.807) is 11.3 Å². The highest BCUT2D eigenvalue weighted by Gasteiger charge is 2.49. The van der Waals surface area contributed by atoms with Gasteiger partial charge >= 0.3 is 0 Å². The van der Waals surface area contributed by atoms with Crippen LogP contribution in [-0.2, 0) is 0 Å². The van der Waals surface area contributed by atoms with Crippen molar-refractivity contribution in [2.24, 2.45) is 5.73 Å². The van der Waals surface area contributed by atoms with Crippen LogP contribution in [0.1, 0.15) is 42.2 Å². The molecule has 0 radical (unpaired) electrons. The summed E-state index contributed by atoms with van der Waals surface area (Å²) < 4.78 is 0. The molecule has 18 heavy (non-hydrogen) atoms. The number of nitrogens with zero attached hydrogens (tertiary/aromatic N) is 1. The lowest BCUT2D eigenvalue weighted by molar-refractivity contribution is -0.0628. The third kappa shape index (κ3) is 1.92. The smallest absolute Gasteiger partial charge is 0.0869 e. The maximum atomic E-state index is 11.0. The van der Waals surface area contributed by atoms with Crippen LogP contribution in [0.3, 0.4) is 0 Å². The molecule has 3 nitrogen and oxygen atoms in total. The highest BCUT2D eigenvalue weighted by molar-refractivity contribution is 7.10. The average Bonchev–Trinajstić information content (AvgIpc) is 2.82. The monoisotopic (exact) mass is 266 g/mol. The van der Waals surface area contributed by atoms with Gasteiger partial charge in [-0.3, -0.25) is 0 Å².